The highest BCUT2D eigenvalue weighted by atomic mass is 19.4. The van der Waals surface area contributed by atoms with Crippen molar-refractivity contribution in [3.8, 4) is 0 Å². The fourth-order valence-electron chi connectivity index (χ4n) is 4.17. The van der Waals surface area contributed by atoms with Gasteiger partial charge in [-0.25, -0.2) is 9.78 Å². The van der Waals surface area contributed by atoms with E-state index in [9.17, 15) is 27.9 Å². The van der Waals surface area contributed by atoms with E-state index in [4.69, 9.17) is 0 Å². The zero-order chi connectivity index (χ0) is 20.3. The van der Waals surface area contributed by atoms with Gasteiger partial charge in [0.1, 0.15) is 0 Å². The number of hydrogen-bond donors (Lipinski definition) is 1. The topological polar surface area (TPSA) is 82.0 Å². The molecule has 2 fully saturated rings. The van der Waals surface area contributed by atoms with Crippen LogP contribution in [0.5, 0.6) is 0 Å². The molecule has 2 aromatic heterocycles. The molecular weight excluding hydrogens is 377 g/mol. The summed E-state index contributed by atoms with van der Waals surface area (Å²) in [4.78, 5) is 29.9. The number of nitrogens with zero attached hydrogens (tertiary/aromatic N) is 4. The van der Waals surface area contributed by atoms with Crippen LogP contribution in [0.4, 0.5) is 13.2 Å². The number of halogens is 3. The largest absolute Gasteiger partial charge is 0.396 e. The van der Waals surface area contributed by atoms with Crippen LogP contribution in [0, 0.1) is 11.3 Å². The smallest absolute Gasteiger partial charge is 0.393 e. The highest BCUT2D eigenvalue weighted by Gasteiger charge is 2.56. The van der Waals surface area contributed by atoms with Gasteiger partial charge in [0, 0.05) is 20.1 Å². The maximum Gasteiger partial charge on any atom is 0.396 e. The molecule has 2 aliphatic rings. The summed E-state index contributed by atoms with van der Waals surface area (Å²) < 4.78 is 45.4. The van der Waals surface area contributed by atoms with Gasteiger partial charge in [0.25, 0.3) is 5.56 Å². The lowest BCUT2D eigenvalue weighted by atomic mass is 9.72. The van der Waals surface area contributed by atoms with Gasteiger partial charge in [-0.2, -0.15) is 13.2 Å². The zero-order valence-electron chi connectivity index (χ0n) is 15.6. The number of aliphatic hydroxyl groups is 1. The predicted octanol–water partition coefficient (Wildman–Crippen LogP) is 1.79. The number of aryl methyl sites for hydroxylation is 1. The van der Waals surface area contributed by atoms with E-state index in [1.807, 2.05) is 0 Å². The highest BCUT2D eigenvalue weighted by Crippen LogP contribution is 2.49. The van der Waals surface area contributed by atoms with Crippen LogP contribution in [-0.2, 0) is 20.1 Å². The Hall–Kier alpha value is -2.10. The minimum atomic E-state index is -4.58. The fraction of sp³-hybridized carbons (Fsp3) is 0.722. The van der Waals surface area contributed by atoms with Gasteiger partial charge in [-0.05, 0) is 44.4 Å². The van der Waals surface area contributed by atoms with Crippen LogP contribution >= 0.6 is 0 Å². The first-order valence-electron chi connectivity index (χ1n) is 9.52. The molecule has 28 heavy (non-hydrogen) atoms. The average Bonchev–Trinajstić information content (AvgIpc) is 3.35. The monoisotopic (exact) mass is 400 g/mol. The van der Waals surface area contributed by atoms with Crippen molar-refractivity contribution < 1.29 is 18.3 Å². The fourth-order valence-corrected chi connectivity index (χ4v) is 4.17. The van der Waals surface area contributed by atoms with E-state index >= 15 is 0 Å². The predicted molar refractivity (Wildman–Crippen MR) is 94.9 cm³/mol. The van der Waals surface area contributed by atoms with E-state index in [-0.39, 0.29) is 36.8 Å². The molecule has 2 saturated carbocycles. The molecule has 2 aromatic rings. The number of rotatable bonds is 4. The van der Waals surface area contributed by atoms with Crippen molar-refractivity contribution in [2.24, 2.45) is 18.4 Å². The molecule has 2 heterocycles. The van der Waals surface area contributed by atoms with Gasteiger partial charge in [0.15, 0.2) is 11.2 Å². The van der Waals surface area contributed by atoms with Crippen molar-refractivity contribution in [1.29, 1.82) is 0 Å². The van der Waals surface area contributed by atoms with Gasteiger partial charge >= 0.3 is 11.9 Å². The van der Waals surface area contributed by atoms with Crippen LogP contribution in [0.1, 0.15) is 38.5 Å². The molecule has 0 spiro atoms. The maximum absolute atomic E-state index is 14.0. The Labute approximate surface area is 158 Å². The van der Waals surface area contributed by atoms with Crippen molar-refractivity contribution in [2.75, 3.05) is 0 Å². The van der Waals surface area contributed by atoms with E-state index in [0.717, 1.165) is 17.4 Å². The third kappa shape index (κ3) is 3.07. The summed E-state index contributed by atoms with van der Waals surface area (Å²) in [7, 11) is 1.42. The summed E-state index contributed by atoms with van der Waals surface area (Å²) in [5.41, 5.74) is -3.37. The van der Waals surface area contributed by atoms with Crippen molar-refractivity contribution in [3.05, 3.63) is 27.2 Å². The molecule has 1 N–H and O–H groups in total. The second kappa shape index (κ2) is 6.47. The van der Waals surface area contributed by atoms with Crippen molar-refractivity contribution in [1.82, 2.24) is 18.7 Å². The summed E-state index contributed by atoms with van der Waals surface area (Å²) in [5, 5.41) is 9.65. The summed E-state index contributed by atoms with van der Waals surface area (Å²) in [6.07, 6.45) is -2.44. The number of aliphatic hydroxyl groups excluding tert-OH is 1. The van der Waals surface area contributed by atoms with Gasteiger partial charge < -0.3 is 9.67 Å². The summed E-state index contributed by atoms with van der Waals surface area (Å²) in [5.74, 6) is 0.434. The molecule has 0 radical (unpaired) electrons. The molecule has 2 aliphatic carbocycles. The van der Waals surface area contributed by atoms with Gasteiger partial charge in [-0.3, -0.25) is 13.9 Å². The van der Waals surface area contributed by atoms with E-state index < -0.39 is 35.5 Å². The molecule has 10 heteroatoms. The summed E-state index contributed by atoms with van der Waals surface area (Å²) in [6, 6.07) is 0. The van der Waals surface area contributed by atoms with Crippen LogP contribution in [0.25, 0.3) is 11.2 Å². The first kappa shape index (κ1) is 19.2. The zero-order valence-corrected chi connectivity index (χ0v) is 15.6. The Kier molecular flexibility index (Phi) is 4.44. The number of imidazole rings is 1. The number of fused-ring (bicyclic) bond motifs is 1. The molecular formula is C18H23F3N4O3. The third-order valence-electron chi connectivity index (χ3n) is 6.23. The van der Waals surface area contributed by atoms with E-state index in [0.29, 0.717) is 17.0 Å². The second-order valence-corrected chi connectivity index (χ2v) is 8.25. The van der Waals surface area contributed by atoms with Crippen LogP contribution in [0.15, 0.2) is 15.9 Å². The SMILES string of the molecule is Cn1c(=O)n(CC2(C(F)(F)F)CCC(O)CC2)c(=O)c2c1ncn2CC1CC1. The molecule has 0 saturated heterocycles. The second-order valence-electron chi connectivity index (χ2n) is 8.25. The minimum Gasteiger partial charge on any atom is -0.393 e. The molecule has 0 bridgehead atoms. The van der Waals surface area contributed by atoms with Crippen LogP contribution in [-0.4, -0.2) is 36.1 Å². The minimum absolute atomic E-state index is 0.00354. The van der Waals surface area contributed by atoms with Crippen molar-refractivity contribution in [2.45, 2.75) is 63.9 Å². The molecule has 7 nitrogen and oxygen atoms in total. The Bertz CT molecular complexity index is 1010. The number of alkyl halides is 3. The summed E-state index contributed by atoms with van der Waals surface area (Å²) >= 11 is 0. The van der Waals surface area contributed by atoms with Crippen molar-refractivity contribution >= 4 is 11.2 Å². The van der Waals surface area contributed by atoms with Crippen LogP contribution < -0.4 is 11.2 Å². The van der Waals surface area contributed by atoms with E-state index in [1.54, 1.807) is 4.57 Å². The first-order valence-corrected chi connectivity index (χ1v) is 9.52. The van der Waals surface area contributed by atoms with Crippen LogP contribution in [0.3, 0.4) is 0 Å². The Morgan fingerprint density at radius 3 is 2.43 bits per heavy atom. The van der Waals surface area contributed by atoms with Crippen molar-refractivity contribution in [3.63, 3.8) is 0 Å². The lowest BCUT2D eigenvalue weighted by molar-refractivity contribution is -0.244. The van der Waals surface area contributed by atoms with Gasteiger partial charge in [-0.15, -0.1) is 0 Å². The first-order chi connectivity index (χ1) is 13.1. The molecule has 0 unspecified atom stereocenters. The lowest BCUT2D eigenvalue weighted by Gasteiger charge is -2.40. The molecule has 0 aromatic carbocycles. The third-order valence-corrected chi connectivity index (χ3v) is 6.23. The average molecular weight is 400 g/mol. The van der Waals surface area contributed by atoms with Gasteiger partial charge in [0.2, 0.25) is 0 Å². The Morgan fingerprint density at radius 2 is 1.86 bits per heavy atom. The maximum atomic E-state index is 14.0. The number of aromatic nitrogens is 4. The molecule has 0 atom stereocenters. The standard InChI is InChI=1S/C18H23F3N4O3/c1-23-14-13(24(10-22-14)8-11-2-3-11)15(27)25(16(23)28)9-17(18(19,20)21)6-4-12(26)5-7-17/h10-12,26H,2-9H2,1H3. The van der Waals surface area contributed by atoms with E-state index in [1.165, 1.54) is 13.4 Å². The summed E-state index contributed by atoms with van der Waals surface area (Å²) in [6.45, 7) is -0.167. The Balaban J connectivity index is 1.83. The van der Waals surface area contributed by atoms with Gasteiger partial charge in [-0.1, -0.05) is 0 Å². The van der Waals surface area contributed by atoms with Crippen LogP contribution in [0.2, 0.25) is 0 Å². The van der Waals surface area contributed by atoms with E-state index in [2.05, 4.69) is 4.98 Å². The molecule has 154 valence electrons. The molecule has 4 rings (SSSR count). The Morgan fingerprint density at radius 1 is 1.21 bits per heavy atom. The number of hydrogen-bond acceptors (Lipinski definition) is 4. The highest BCUT2D eigenvalue weighted by molar-refractivity contribution is 5.70. The quantitative estimate of drug-likeness (QED) is 0.849. The molecule has 0 amide bonds. The normalized spacial score (nSPS) is 26.1. The molecule has 0 aliphatic heterocycles. The lowest BCUT2D eigenvalue weighted by Crippen LogP contribution is -2.51. The van der Waals surface area contributed by atoms with Gasteiger partial charge in [0.05, 0.1) is 17.8 Å².